The number of carbonyl (C=O) groups excluding carboxylic acids is 1. The Bertz CT molecular complexity index is 797. The van der Waals surface area contributed by atoms with Crippen LogP contribution in [0.4, 0.5) is 10.1 Å². The smallest absolute Gasteiger partial charge is 0.341 e. The van der Waals surface area contributed by atoms with Crippen LogP contribution in [0.2, 0.25) is 0 Å². The molecule has 2 aromatic rings. The van der Waals surface area contributed by atoms with E-state index in [1.807, 2.05) is 0 Å². The number of rotatable bonds is 7. The zero-order valence-corrected chi connectivity index (χ0v) is 14.8. The zero-order valence-electron chi connectivity index (χ0n) is 13.2. The lowest BCUT2D eigenvalue weighted by Crippen LogP contribution is -2.17. The van der Waals surface area contributed by atoms with Crippen LogP contribution < -0.4 is 14.8 Å². The van der Waals surface area contributed by atoms with Crippen molar-refractivity contribution in [2.24, 2.45) is 0 Å². The van der Waals surface area contributed by atoms with Crippen molar-refractivity contribution in [2.45, 2.75) is 6.42 Å². The van der Waals surface area contributed by atoms with Crippen LogP contribution in [-0.2, 0) is 16.0 Å². The molecule has 8 heteroatoms. The number of hydrogen-bond acceptors (Lipinski definition) is 4. The summed E-state index contributed by atoms with van der Waals surface area (Å²) in [5.74, 6) is -1.53. The number of anilines is 1. The Morgan fingerprint density at radius 1 is 1.24 bits per heavy atom. The molecule has 0 aliphatic rings. The number of methoxy groups -OCH3 is 1. The van der Waals surface area contributed by atoms with Gasteiger partial charge < -0.3 is 19.9 Å². The fraction of sp³-hybridized carbons (Fsp3) is 0.176. The van der Waals surface area contributed by atoms with Gasteiger partial charge in [0.2, 0.25) is 5.91 Å². The normalized spacial score (nSPS) is 10.2. The van der Waals surface area contributed by atoms with E-state index in [1.165, 1.54) is 31.4 Å². The minimum absolute atomic E-state index is 0.145. The molecule has 0 saturated heterocycles. The number of benzene rings is 2. The van der Waals surface area contributed by atoms with Crippen molar-refractivity contribution in [3.05, 3.63) is 52.3 Å². The largest absolute Gasteiger partial charge is 0.497 e. The quantitative estimate of drug-likeness (QED) is 0.730. The maximum Gasteiger partial charge on any atom is 0.341 e. The second-order valence-electron chi connectivity index (χ2n) is 5.01. The molecule has 2 rings (SSSR count). The van der Waals surface area contributed by atoms with E-state index in [9.17, 15) is 14.0 Å². The molecule has 0 aliphatic carbocycles. The monoisotopic (exact) mass is 411 g/mol. The molecular formula is C17H15BrFNO5. The van der Waals surface area contributed by atoms with Crippen LogP contribution in [0.5, 0.6) is 11.5 Å². The summed E-state index contributed by atoms with van der Waals surface area (Å²) in [6, 6.07) is 8.99. The number of carbonyl (C=O) groups is 2. The van der Waals surface area contributed by atoms with Gasteiger partial charge in [-0.2, -0.15) is 0 Å². The van der Waals surface area contributed by atoms with Gasteiger partial charge in [-0.3, -0.25) is 4.79 Å². The van der Waals surface area contributed by atoms with E-state index >= 15 is 0 Å². The van der Waals surface area contributed by atoms with Crippen LogP contribution >= 0.6 is 15.9 Å². The molecule has 0 atom stereocenters. The van der Waals surface area contributed by atoms with Crippen molar-refractivity contribution in [2.75, 3.05) is 19.0 Å². The van der Waals surface area contributed by atoms with Crippen molar-refractivity contribution in [3.8, 4) is 11.5 Å². The van der Waals surface area contributed by atoms with E-state index in [4.69, 9.17) is 14.6 Å². The maximum atomic E-state index is 13.8. The first-order valence-electron chi connectivity index (χ1n) is 7.15. The van der Waals surface area contributed by atoms with Gasteiger partial charge in [-0.05, 0) is 29.8 Å². The standard InChI is InChI=1S/C17H15BrFNO5/c1-24-12-4-5-14(15(8-12)25-9-17(22)23)20-16(21)6-10-2-3-11(18)7-13(10)19/h2-5,7-8H,6,9H2,1H3,(H,20,21)(H,22,23). The fourth-order valence-corrected chi connectivity index (χ4v) is 2.36. The van der Waals surface area contributed by atoms with E-state index in [-0.39, 0.29) is 23.4 Å². The molecule has 0 heterocycles. The molecule has 25 heavy (non-hydrogen) atoms. The van der Waals surface area contributed by atoms with Crippen LogP contribution in [-0.4, -0.2) is 30.7 Å². The molecule has 0 spiro atoms. The first-order valence-corrected chi connectivity index (χ1v) is 7.94. The summed E-state index contributed by atoms with van der Waals surface area (Å²) in [5.41, 5.74) is 0.506. The predicted octanol–water partition coefficient (Wildman–Crippen LogP) is 3.24. The van der Waals surface area contributed by atoms with Crippen molar-refractivity contribution < 1.29 is 28.6 Å². The van der Waals surface area contributed by atoms with Crippen LogP contribution in [0.25, 0.3) is 0 Å². The number of amides is 1. The highest BCUT2D eigenvalue weighted by Crippen LogP contribution is 2.29. The number of carboxylic acids is 1. The molecule has 0 bridgehead atoms. The Balaban J connectivity index is 2.14. The molecule has 0 fully saturated rings. The lowest BCUT2D eigenvalue weighted by atomic mass is 10.1. The molecule has 0 unspecified atom stereocenters. The topological polar surface area (TPSA) is 84.9 Å². The van der Waals surface area contributed by atoms with Gasteiger partial charge in [-0.1, -0.05) is 22.0 Å². The van der Waals surface area contributed by atoms with Crippen molar-refractivity contribution >= 4 is 33.5 Å². The minimum atomic E-state index is -1.16. The number of carboxylic acid groups (broad SMARTS) is 1. The van der Waals surface area contributed by atoms with Gasteiger partial charge in [0, 0.05) is 10.5 Å². The summed E-state index contributed by atoms with van der Waals surface area (Å²) < 4.78 is 24.6. The summed E-state index contributed by atoms with van der Waals surface area (Å²) >= 11 is 3.15. The second kappa shape index (κ2) is 8.48. The molecule has 132 valence electrons. The number of ether oxygens (including phenoxy) is 2. The van der Waals surface area contributed by atoms with Crippen molar-refractivity contribution in [3.63, 3.8) is 0 Å². The lowest BCUT2D eigenvalue weighted by molar-refractivity contribution is -0.139. The summed E-state index contributed by atoms with van der Waals surface area (Å²) in [5, 5.41) is 11.3. The molecule has 0 aliphatic heterocycles. The Labute approximate surface area is 151 Å². The Kier molecular flexibility index (Phi) is 6.35. The number of nitrogens with one attached hydrogen (secondary N) is 1. The van der Waals surface area contributed by atoms with Gasteiger partial charge in [0.05, 0.1) is 19.2 Å². The van der Waals surface area contributed by atoms with Crippen LogP contribution in [0.3, 0.4) is 0 Å². The van der Waals surface area contributed by atoms with Crippen molar-refractivity contribution in [1.29, 1.82) is 0 Å². The highest BCUT2D eigenvalue weighted by Gasteiger charge is 2.13. The van der Waals surface area contributed by atoms with Gasteiger partial charge in [0.15, 0.2) is 6.61 Å². The molecule has 0 saturated carbocycles. The molecule has 1 amide bonds. The minimum Gasteiger partial charge on any atom is -0.497 e. The van der Waals surface area contributed by atoms with Crippen LogP contribution in [0.15, 0.2) is 40.9 Å². The van der Waals surface area contributed by atoms with E-state index < -0.39 is 24.3 Å². The molecule has 2 N–H and O–H groups in total. The third-order valence-corrected chi connectivity index (χ3v) is 3.67. The van der Waals surface area contributed by atoms with E-state index in [0.29, 0.717) is 10.2 Å². The molecule has 2 aromatic carbocycles. The molecule has 0 aromatic heterocycles. The maximum absolute atomic E-state index is 13.8. The van der Waals surface area contributed by atoms with Gasteiger partial charge in [0.25, 0.3) is 0 Å². The van der Waals surface area contributed by atoms with Gasteiger partial charge >= 0.3 is 5.97 Å². The van der Waals surface area contributed by atoms with E-state index in [2.05, 4.69) is 21.2 Å². The van der Waals surface area contributed by atoms with E-state index in [1.54, 1.807) is 12.1 Å². The number of halogens is 2. The summed E-state index contributed by atoms with van der Waals surface area (Å²) in [6.45, 7) is -0.572. The van der Waals surface area contributed by atoms with Crippen LogP contribution in [0, 0.1) is 5.82 Å². The fourth-order valence-electron chi connectivity index (χ4n) is 2.02. The van der Waals surface area contributed by atoms with Gasteiger partial charge in [0.1, 0.15) is 17.3 Å². The van der Waals surface area contributed by atoms with Crippen molar-refractivity contribution in [1.82, 2.24) is 0 Å². The number of hydrogen-bond donors (Lipinski definition) is 2. The average Bonchev–Trinajstić information content (AvgIpc) is 2.56. The third-order valence-electron chi connectivity index (χ3n) is 3.18. The zero-order chi connectivity index (χ0) is 18.4. The predicted molar refractivity (Wildman–Crippen MR) is 92.6 cm³/mol. The summed E-state index contributed by atoms with van der Waals surface area (Å²) in [7, 11) is 1.45. The number of aliphatic carboxylic acids is 1. The third kappa shape index (κ3) is 5.46. The Hall–Kier alpha value is -2.61. The Morgan fingerprint density at radius 2 is 2.00 bits per heavy atom. The summed E-state index contributed by atoms with van der Waals surface area (Å²) in [6.07, 6.45) is -0.177. The Morgan fingerprint density at radius 3 is 2.64 bits per heavy atom. The molecular weight excluding hydrogens is 397 g/mol. The molecule has 0 radical (unpaired) electrons. The lowest BCUT2D eigenvalue weighted by Gasteiger charge is -2.13. The van der Waals surface area contributed by atoms with E-state index in [0.717, 1.165) is 0 Å². The average molecular weight is 412 g/mol. The SMILES string of the molecule is COc1ccc(NC(=O)Cc2ccc(Br)cc2F)c(OCC(=O)O)c1. The van der Waals surface area contributed by atoms with Gasteiger partial charge in [-0.25, -0.2) is 9.18 Å². The van der Waals surface area contributed by atoms with Gasteiger partial charge in [-0.15, -0.1) is 0 Å². The first kappa shape index (κ1) is 18.7. The second-order valence-corrected chi connectivity index (χ2v) is 5.92. The summed E-state index contributed by atoms with van der Waals surface area (Å²) in [4.78, 5) is 22.8. The molecule has 6 nitrogen and oxygen atoms in total. The van der Waals surface area contributed by atoms with Crippen LogP contribution in [0.1, 0.15) is 5.56 Å². The highest BCUT2D eigenvalue weighted by molar-refractivity contribution is 9.10. The first-order chi connectivity index (χ1) is 11.9. The highest BCUT2D eigenvalue weighted by atomic mass is 79.9.